The van der Waals surface area contributed by atoms with Crippen LogP contribution in [0.15, 0.2) is 5.38 Å². The van der Waals surface area contributed by atoms with Gasteiger partial charge in [0.1, 0.15) is 5.01 Å². The number of alkyl halides is 2. The second kappa shape index (κ2) is 4.59. The van der Waals surface area contributed by atoms with Crippen molar-refractivity contribution in [2.45, 2.75) is 19.1 Å². The Morgan fingerprint density at radius 1 is 1.69 bits per heavy atom. The molecule has 1 unspecified atom stereocenters. The summed E-state index contributed by atoms with van der Waals surface area (Å²) in [6.45, 7) is 0.520. The van der Waals surface area contributed by atoms with Gasteiger partial charge < -0.3 is 10.4 Å². The van der Waals surface area contributed by atoms with Crippen molar-refractivity contribution < 1.29 is 13.9 Å². The summed E-state index contributed by atoms with van der Waals surface area (Å²) in [5, 5.41) is 13.5. The molecule has 0 radical (unpaired) electrons. The van der Waals surface area contributed by atoms with Crippen LogP contribution in [0.1, 0.15) is 16.8 Å². The molecule has 1 rings (SSSR count). The van der Waals surface area contributed by atoms with Crippen molar-refractivity contribution >= 4 is 11.3 Å². The Hall–Kier alpha value is -0.590. The first-order valence-corrected chi connectivity index (χ1v) is 4.58. The molecule has 0 amide bonds. The summed E-state index contributed by atoms with van der Waals surface area (Å²) in [6, 6.07) is 0. The third kappa shape index (κ3) is 2.68. The summed E-state index contributed by atoms with van der Waals surface area (Å²) in [7, 11) is 1.74. The summed E-state index contributed by atoms with van der Waals surface area (Å²) in [6.07, 6.45) is -4.52. The first-order chi connectivity index (χ1) is 6.15. The minimum Gasteiger partial charge on any atom is -0.380 e. The van der Waals surface area contributed by atoms with Crippen molar-refractivity contribution in [2.75, 3.05) is 7.05 Å². The van der Waals surface area contributed by atoms with Crippen LogP contribution in [0.3, 0.4) is 0 Å². The van der Waals surface area contributed by atoms with Crippen LogP contribution in [-0.4, -0.2) is 23.6 Å². The Morgan fingerprint density at radius 2 is 2.38 bits per heavy atom. The van der Waals surface area contributed by atoms with Gasteiger partial charge in [-0.25, -0.2) is 13.8 Å². The molecule has 74 valence electrons. The van der Waals surface area contributed by atoms with E-state index in [0.717, 1.165) is 11.3 Å². The molecule has 0 aliphatic carbocycles. The zero-order valence-corrected chi connectivity index (χ0v) is 7.81. The lowest BCUT2D eigenvalue weighted by Crippen LogP contribution is -2.09. The van der Waals surface area contributed by atoms with E-state index in [1.807, 2.05) is 0 Å². The number of aliphatic hydroxyl groups excluding tert-OH is 1. The van der Waals surface area contributed by atoms with Crippen molar-refractivity contribution in [1.29, 1.82) is 0 Å². The highest BCUT2D eigenvalue weighted by molar-refractivity contribution is 7.09. The molecule has 1 aromatic heterocycles. The lowest BCUT2D eigenvalue weighted by atomic mass is 10.4. The lowest BCUT2D eigenvalue weighted by Gasteiger charge is -2.03. The normalized spacial score (nSPS) is 13.6. The third-order valence-electron chi connectivity index (χ3n) is 1.42. The van der Waals surface area contributed by atoms with Gasteiger partial charge in [-0.15, -0.1) is 11.3 Å². The van der Waals surface area contributed by atoms with Gasteiger partial charge in [-0.2, -0.15) is 0 Å². The predicted octanol–water partition coefficient (Wildman–Crippen LogP) is 1.16. The molecule has 1 aromatic rings. The standard InChI is InChI=1S/C7H10F2N2OS/c1-10-2-4-3-13-7(11-4)5(12)6(8)9/h3,5-6,10,12H,2H2,1H3. The first-order valence-electron chi connectivity index (χ1n) is 3.70. The van der Waals surface area contributed by atoms with E-state index in [1.165, 1.54) is 0 Å². The number of nitrogens with zero attached hydrogens (tertiary/aromatic N) is 1. The van der Waals surface area contributed by atoms with Gasteiger partial charge in [0, 0.05) is 11.9 Å². The number of halogens is 2. The van der Waals surface area contributed by atoms with Crippen molar-refractivity contribution in [2.24, 2.45) is 0 Å². The molecular formula is C7H10F2N2OS. The number of hydrogen-bond acceptors (Lipinski definition) is 4. The molecule has 3 nitrogen and oxygen atoms in total. The molecule has 2 N–H and O–H groups in total. The second-order valence-electron chi connectivity index (χ2n) is 2.49. The molecule has 13 heavy (non-hydrogen) atoms. The van der Waals surface area contributed by atoms with Crippen molar-refractivity contribution in [3.63, 3.8) is 0 Å². The Balaban J connectivity index is 2.67. The lowest BCUT2D eigenvalue weighted by molar-refractivity contribution is -0.00595. The van der Waals surface area contributed by atoms with E-state index in [-0.39, 0.29) is 5.01 Å². The topological polar surface area (TPSA) is 45.1 Å². The van der Waals surface area contributed by atoms with Gasteiger partial charge in [0.15, 0.2) is 6.10 Å². The highest BCUT2D eigenvalue weighted by Crippen LogP contribution is 2.23. The molecule has 0 bridgehead atoms. The van der Waals surface area contributed by atoms with E-state index in [1.54, 1.807) is 12.4 Å². The predicted molar refractivity (Wildman–Crippen MR) is 45.8 cm³/mol. The number of hydrogen-bond donors (Lipinski definition) is 2. The van der Waals surface area contributed by atoms with E-state index < -0.39 is 12.5 Å². The third-order valence-corrected chi connectivity index (χ3v) is 2.38. The summed E-state index contributed by atoms with van der Waals surface area (Å²) >= 11 is 1.04. The molecule has 0 saturated carbocycles. The highest BCUT2D eigenvalue weighted by Gasteiger charge is 2.22. The highest BCUT2D eigenvalue weighted by atomic mass is 32.1. The molecule has 6 heteroatoms. The maximum absolute atomic E-state index is 12.0. The van der Waals surface area contributed by atoms with Crippen LogP contribution in [-0.2, 0) is 6.54 Å². The second-order valence-corrected chi connectivity index (χ2v) is 3.38. The molecule has 1 heterocycles. The van der Waals surface area contributed by atoms with Crippen LogP contribution in [0, 0.1) is 0 Å². The first kappa shape index (κ1) is 10.5. The quantitative estimate of drug-likeness (QED) is 0.780. The van der Waals surface area contributed by atoms with Gasteiger partial charge in [0.25, 0.3) is 6.43 Å². The van der Waals surface area contributed by atoms with E-state index in [9.17, 15) is 8.78 Å². The zero-order valence-electron chi connectivity index (χ0n) is 7.00. The van der Waals surface area contributed by atoms with Crippen LogP contribution < -0.4 is 5.32 Å². The summed E-state index contributed by atoms with van der Waals surface area (Å²) in [5.41, 5.74) is 0.669. The Labute approximate surface area is 78.4 Å². The van der Waals surface area contributed by atoms with E-state index in [4.69, 9.17) is 5.11 Å². The molecule has 0 aliphatic rings. The number of rotatable bonds is 4. The van der Waals surface area contributed by atoms with Gasteiger partial charge in [0.2, 0.25) is 0 Å². The molecule has 0 aliphatic heterocycles. The largest absolute Gasteiger partial charge is 0.380 e. The minimum atomic E-state index is -2.77. The van der Waals surface area contributed by atoms with Crippen LogP contribution in [0.25, 0.3) is 0 Å². The van der Waals surface area contributed by atoms with Crippen molar-refractivity contribution in [3.05, 3.63) is 16.1 Å². The Bertz CT molecular complexity index is 267. The van der Waals surface area contributed by atoms with Crippen molar-refractivity contribution in [1.82, 2.24) is 10.3 Å². The molecule has 0 saturated heterocycles. The molecule has 0 aromatic carbocycles. The number of aromatic nitrogens is 1. The SMILES string of the molecule is CNCc1csc(C(O)C(F)F)n1. The monoisotopic (exact) mass is 208 g/mol. The van der Waals surface area contributed by atoms with Crippen LogP contribution in [0.4, 0.5) is 8.78 Å². The van der Waals surface area contributed by atoms with E-state index >= 15 is 0 Å². The number of aliphatic hydroxyl groups is 1. The molecule has 1 atom stereocenters. The van der Waals surface area contributed by atoms with Gasteiger partial charge in [-0.3, -0.25) is 0 Å². The fraction of sp³-hybridized carbons (Fsp3) is 0.571. The summed E-state index contributed by atoms with van der Waals surface area (Å²) in [5.74, 6) is 0. The fourth-order valence-corrected chi connectivity index (χ4v) is 1.63. The van der Waals surface area contributed by atoms with E-state index in [2.05, 4.69) is 10.3 Å². The Morgan fingerprint density at radius 3 is 2.92 bits per heavy atom. The van der Waals surface area contributed by atoms with Crippen LogP contribution in [0.5, 0.6) is 0 Å². The minimum absolute atomic E-state index is 0.0697. The average Bonchev–Trinajstić information content (AvgIpc) is 2.52. The maximum Gasteiger partial charge on any atom is 0.270 e. The molecular weight excluding hydrogens is 198 g/mol. The molecule has 0 spiro atoms. The van der Waals surface area contributed by atoms with Crippen molar-refractivity contribution in [3.8, 4) is 0 Å². The van der Waals surface area contributed by atoms with Gasteiger partial charge >= 0.3 is 0 Å². The maximum atomic E-state index is 12.0. The van der Waals surface area contributed by atoms with E-state index in [0.29, 0.717) is 12.2 Å². The van der Waals surface area contributed by atoms with Gasteiger partial charge in [-0.1, -0.05) is 0 Å². The zero-order chi connectivity index (χ0) is 9.84. The van der Waals surface area contributed by atoms with Gasteiger partial charge in [-0.05, 0) is 7.05 Å². The smallest absolute Gasteiger partial charge is 0.270 e. The molecule has 0 fully saturated rings. The number of nitrogens with one attached hydrogen (secondary N) is 1. The summed E-state index contributed by atoms with van der Waals surface area (Å²) in [4.78, 5) is 3.85. The average molecular weight is 208 g/mol. The van der Waals surface area contributed by atoms with Gasteiger partial charge in [0.05, 0.1) is 5.69 Å². The summed E-state index contributed by atoms with van der Waals surface area (Å²) < 4.78 is 24.0. The number of thiazole rings is 1. The van der Waals surface area contributed by atoms with Crippen LogP contribution in [0.2, 0.25) is 0 Å². The fourth-order valence-electron chi connectivity index (χ4n) is 0.829. The van der Waals surface area contributed by atoms with Crippen LogP contribution >= 0.6 is 11.3 Å². The Kier molecular flexibility index (Phi) is 3.71.